The van der Waals surface area contributed by atoms with Crippen molar-refractivity contribution in [2.75, 3.05) is 4.72 Å². The average Bonchev–Trinajstić information content (AvgIpc) is 3.51. The average molecular weight is 504 g/mol. The molecule has 2 aliphatic rings. The molecule has 2 heterocycles. The monoisotopic (exact) mass is 503 g/mol. The van der Waals surface area contributed by atoms with Gasteiger partial charge in [-0.1, -0.05) is 12.8 Å². The first-order chi connectivity index (χ1) is 16.3. The lowest BCUT2D eigenvalue weighted by Gasteiger charge is -2.20. The fraction of sp³-hybridized carbons (Fsp3) is 0.400. The van der Waals surface area contributed by atoms with Gasteiger partial charge in [-0.05, 0) is 74.4 Å². The number of sulfonamides is 1. The molecule has 1 fully saturated rings. The van der Waals surface area contributed by atoms with Gasteiger partial charge in [0.05, 0.1) is 10.5 Å². The van der Waals surface area contributed by atoms with Crippen molar-refractivity contribution in [1.82, 2.24) is 0 Å². The smallest absolute Gasteiger partial charge is 0.343 e. The molecular weight excluding hydrogens is 477 g/mol. The van der Waals surface area contributed by atoms with Gasteiger partial charge in [0.1, 0.15) is 22.3 Å². The van der Waals surface area contributed by atoms with Gasteiger partial charge >= 0.3 is 5.63 Å². The maximum atomic E-state index is 13.2. The minimum atomic E-state index is -3.88. The molecule has 2 aromatic heterocycles. The van der Waals surface area contributed by atoms with Gasteiger partial charge in [0.25, 0.3) is 10.0 Å². The van der Waals surface area contributed by atoms with E-state index in [1.54, 1.807) is 12.1 Å². The van der Waals surface area contributed by atoms with Crippen LogP contribution in [-0.4, -0.2) is 13.5 Å². The number of hydrogen-bond donors (Lipinski definition) is 2. The molecule has 0 amide bonds. The van der Waals surface area contributed by atoms with Crippen LogP contribution in [0.4, 0.5) is 9.39 Å². The zero-order valence-corrected chi connectivity index (χ0v) is 20.2. The number of fused-ring (bicyclic) bond motifs is 1. The number of anilines is 1. The van der Waals surface area contributed by atoms with Crippen molar-refractivity contribution in [2.24, 2.45) is 5.92 Å². The summed E-state index contributed by atoms with van der Waals surface area (Å²) >= 11 is 1.24. The van der Waals surface area contributed by atoms with E-state index in [9.17, 15) is 22.7 Å². The van der Waals surface area contributed by atoms with E-state index in [4.69, 9.17) is 4.42 Å². The van der Waals surface area contributed by atoms with Gasteiger partial charge in [-0.25, -0.2) is 17.6 Å². The highest BCUT2D eigenvalue weighted by Gasteiger charge is 2.39. The van der Waals surface area contributed by atoms with Crippen LogP contribution in [0.2, 0.25) is 0 Å². The standard InChI is InChI=1S/C25H26FNO5S2/c26-16-9-11-17(12-10-16)34(30,31)27-21-14-13-20(33-21)22(15-7-8-15)23-24(28)18-5-3-1-2-4-6-19(18)32-25(23)29/h9-15,22,27-28H,1-8H2. The first kappa shape index (κ1) is 23.1. The summed E-state index contributed by atoms with van der Waals surface area (Å²) in [5, 5.41) is 11.6. The van der Waals surface area contributed by atoms with Gasteiger partial charge in [0.2, 0.25) is 0 Å². The molecule has 0 radical (unpaired) electrons. The Bertz CT molecular complexity index is 1360. The molecule has 180 valence electrons. The van der Waals surface area contributed by atoms with Crippen molar-refractivity contribution in [1.29, 1.82) is 0 Å². The summed E-state index contributed by atoms with van der Waals surface area (Å²) in [4.78, 5) is 13.8. The highest BCUT2D eigenvalue weighted by Crippen LogP contribution is 2.50. The Morgan fingerprint density at radius 3 is 2.44 bits per heavy atom. The van der Waals surface area contributed by atoms with Crippen molar-refractivity contribution in [3.63, 3.8) is 0 Å². The molecule has 6 nitrogen and oxygen atoms in total. The molecule has 1 unspecified atom stereocenters. The van der Waals surface area contributed by atoms with E-state index in [-0.39, 0.29) is 28.0 Å². The molecule has 0 bridgehead atoms. The molecule has 1 atom stereocenters. The van der Waals surface area contributed by atoms with E-state index >= 15 is 0 Å². The number of thiophene rings is 1. The Hall–Kier alpha value is -2.65. The normalized spacial score (nSPS) is 17.4. The highest BCUT2D eigenvalue weighted by atomic mass is 32.2. The number of halogens is 1. The summed E-state index contributed by atoms with van der Waals surface area (Å²) in [5.41, 5.74) is 0.529. The van der Waals surface area contributed by atoms with Crippen molar-refractivity contribution >= 4 is 26.4 Å². The van der Waals surface area contributed by atoms with E-state index in [1.807, 2.05) is 0 Å². The Morgan fingerprint density at radius 1 is 1.03 bits per heavy atom. The minimum Gasteiger partial charge on any atom is -0.507 e. The molecular formula is C25H26FNO5S2. The summed E-state index contributed by atoms with van der Waals surface area (Å²) in [6.45, 7) is 0. The van der Waals surface area contributed by atoms with Crippen LogP contribution in [0.15, 0.2) is 50.5 Å². The molecule has 0 aliphatic heterocycles. The Morgan fingerprint density at radius 2 is 1.74 bits per heavy atom. The minimum absolute atomic E-state index is 0.0393. The van der Waals surface area contributed by atoms with E-state index in [0.29, 0.717) is 23.6 Å². The van der Waals surface area contributed by atoms with Crippen LogP contribution in [0.5, 0.6) is 5.75 Å². The van der Waals surface area contributed by atoms with Gasteiger partial charge in [-0.3, -0.25) is 4.72 Å². The van der Waals surface area contributed by atoms with Gasteiger partial charge in [0, 0.05) is 22.8 Å². The van der Waals surface area contributed by atoms with Crippen LogP contribution in [0.1, 0.15) is 66.2 Å². The lowest BCUT2D eigenvalue weighted by molar-refractivity contribution is 0.382. The lowest BCUT2D eigenvalue weighted by atomic mass is 9.89. The number of aryl methyl sites for hydroxylation is 1. The van der Waals surface area contributed by atoms with Crippen molar-refractivity contribution in [3.8, 4) is 5.75 Å². The second-order valence-corrected chi connectivity index (χ2v) is 11.8. The molecule has 34 heavy (non-hydrogen) atoms. The first-order valence-corrected chi connectivity index (χ1v) is 13.9. The van der Waals surface area contributed by atoms with E-state index in [1.165, 1.54) is 23.5 Å². The summed E-state index contributed by atoms with van der Waals surface area (Å²) in [6.07, 6.45) is 7.23. The fourth-order valence-corrected chi connectivity index (χ4v) is 7.12. The van der Waals surface area contributed by atoms with Gasteiger partial charge in [-0.15, -0.1) is 11.3 Å². The van der Waals surface area contributed by atoms with Crippen LogP contribution in [0.25, 0.3) is 0 Å². The lowest BCUT2D eigenvalue weighted by Crippen LogP contribution is -2.18. The third-order valence-electron chi connectivity index (χ3n) is 6.59. The fourth-order valence-electron chi connectivity index (χ4n) is 4.71. The highest BCUT2D eigenvalue weighted by molar-refractivity contribution is 7.93. The van der Waals surface area contributed by atoms with Crippen LogP contribution >= 0.6 is 11.3 Å². The summed E-state index contributed by atoms with van der Waals surface area (Å²) in [7, 11) is -3.88. The van der Waals surface area contributed by atoms with Crippen molar-refractivity contribution in [3.05, 3.63) is 74.4 Å². The third-order valence-corrected chi connectivity index (χ3v) is 9.18. The number of hydrogen-bond acceptors (Lipinski definition) is 6. The summed E-state index contributed by atoms with van der Waals surface area (Å²) in [6, 6.07) is 8.06. The Kier molecular flexibility index (Phi) is 6.24. The van der Waals surface area contributed by atoms with Crippen LogP contribution < -0.4 is 10.3 Å². The van der Waals surface area contributed by atoms with Crippen molar-refractivity contribution in [2.45, 2.75) is 62.2 Å². The molecule has 0 saturated heterocycles. The number of rotatable bonds is 6. The van der Waals surface area contributed by atoms with Gasteiger partial charge < -0.3 is 9.52 Å². The van der Waals surface area contributed by atoms with E-state index in [2.05, 4.69) is 4.72 Å². The van der Waals surface area contributed by atoms with Crippen molar-refractivity contribution < 1.29 is 22.3 Å². The van der Waals surface area contributed by atoms with Crippen LogP contribution in [-0.2, 0) is 22.9 Å². The topological polar surface area (TPSA) is 96.6 Å². The predicted molar refractivity (Wildman–Crippen MR) is 129 cm³/mol. The van der Waals surface area contributed by atoms with Gasteiger partial charge in [0.15, 0.2) is 0 Å². The molecule has 5 rings (SSSR count). The Labute approximate surface area is 201 Å². The second-order valence-electron chi connectivity index (χ2n) is 9.04. The Balaban J connectivity index is 1.48. The zero-order chi connectivity index (χ0) is 23.9. The van der Waals surface area contributed by atoms with E-state index < -0.39 is 21.5 Å². The number of benzene rings is 1. The predicted octanol–water partition coefficient (Wildman–Crippen LogP) is 5.55. The SMILES string of the molecule is O=c1oc2c(c(O)c1C(c1ccc(NS(=O)(=O)c3ccc(F)cc3)s1)C1CC1)CCCCCC2. The molecule has 9 heteroatoms. The summed E-state index contributed by atoms with van der Waals surface area (Å²) in [5.74, 6) is -0.0207. The zero-order valence-electron chi connectivity index (χ0n) is 18.6. The molecule has 1 saturated carbocycles. The van der Waals surface area contributed by atoms with Gasteiger partial charge in [-0.2, -0.15) is 0 Å². The quantitative estimate of drug-likeness (QED) is 0.460. The molecule has 1 aromatic carbocycles. The number of aromatic hydroxyl groups is 1. The maximum Gasteiger partial charge on any atom is 0.343 e. The summed E-state index contributed by atoms with van der Waals surface area (Å²) < 4.78 is 46.9. The number of nitrogens with one attached hydrogen (secondary N) is 1. The first-order valence-electron chi connectivity index (χ1n) is 11.6. The molecule has 3 aromatic rings. The van der Waals surface area contributed by atoms with Crippen LogP contribution in [0.3, 0.4) is 0 Å². The molecule has 0 spiro atoms. The van der Waals surface area contributed by atoms with E-state index in [0.717, 1.165) is 61.1 Å². The largest absolute Gasteiger partial charge is 0.507 e. The second kappa shape index (κ2) is 9.19. The molecule has 2 aliphatic carbocycles. The maximum absolute atomic E-state index is 13.2. The molecule has 2 N–H and O–H groups in total. The third kappa shape index (κ3) is 4.63. The van der Waals surface area contributed by atoms with Crippen LogP contribution in [0, 0.1) is 11.7 Å².